The van der Waals surface area contributed by atoms with Crippen molar-refractivity contribution in [3.63, 3.8) is 0 Å². The van der Waals surface area contributed by atoms with Crippen molar-refractivity contribution >= 4 is 11.8 Å². The molecule has 104 valence electrons. The Bertz CT molecular complexity index is 291. The van der Waals surface area contributed by atoms with Crippen molar-refractivity contribution in [1.29, 1.82) is 0 Å². The maximum Gasteiger partial charge on any atom is 0.239 e. The van der Waals surface area contributed by atoms with E-state index in [1.165, 1.54) is 12.8 Å². The summed E-state index contributed by atoms with van der Waals surface area (Å²) in [6.07, 6.45) is 3.87. The van der Waals surface area contributed by atoms with Gasteiger partial charge in [0, 0.05) is 18.0 Å². The molecule has 1 aliphatic rings. The minimum atomic E-state index is -0.257. The molecule has 3 N–H and O–H groups in total. The fourth-order valence-corrected chi connectivity index (χ4v) is 2.04. The maximum atomic E-state index is 11.7. The van der Waals surface area contributed by atoms with Crippen molar-refractivity contribution in [1.82, 2.24) is 16.0 Å². The van der Waals surface area contributed by atoms with Crippen LogP contribution in [0.15, 0.2) is 0 Å². The Hall–Kier alpha value is -1.10. The first-order chi connectivity index (χ1) is 8.37. The van der Waals surface area contributed by atoms with E-state index < -0.39 is 0 Å². The van der Waals surface area contributed by atoms with E-state index in [2.05, 4.69) is 16.0 Å². The molecule has 1 atom stereocenters. The van der Waals surface area contributed by atoms with Gasteiger partial charge in [0.1, 0.15) is 0 Å². The van der Waals surface area contributed by atoms with Gasteiger partial charge < -0.3 is 16.0 Å². The first-order valence-corrected chi connectivity index (χ1v) is 6.68. The molecule has 1 rings (SSSR count). The number of piperidine rings is 1. The molecule has 5 nitrogen and oxygen atoms in total. The van der Waals surface area contributed by atoms with Crippen LogP contribution in [-0.4, -0.2) is 36.5 Å². The lowest BCUT2D eigenvalue weighted by atomic mass is 10.0. The lowest BCUT2D eigenvalue weighted by Crippen LogP contribution is -2.46. The molecule has 0 aliphatic carbocycles. The molecule has 0 spiro atoms. The molecule has 2 amide bonds. The lowest BCUT2D eigenvalue weighted by Gasteiger charge is -2.23. The quantitative estimate of drug-likeness (QED) is 0.687. The molecule has 0 bridgehead atoms. The number of nitrogens with one attached hydrogen (secondary N) is 3. The van der Waals surface area contributed by atoms with Crippen LogP contribution in [0, 0.1) is 0 Å². The summed E-state index contributed by atoms with van der Waals surface area (Å²) < 4.78 is 0. The fraction of sp³-hybridized carbons (Fsp3) is 0.846. The molecule has 18 heavy (non-hydrogen) atoms. The maximum absolute atomic E-state index is 11.7. The minimum Gasteiger partial charge on any atom is -0.350 e. The summed E-state index contributed by atoms with van der Waals surface area (Å²) in [5, 5.41) is 8.78. The van der Waals surface area contributed by atoms with Crippen LogP contribution in [0.1, 0.15) is 46.5 Å². The highest BCUT2D eigenvalue weighted by Crippen LogP contribution is 2.09. The molecular weight excluding hydrogens is 230 g/mol. The Balaban J connectivity index is 2.18. The van der Waals surface area contributed by atoms with E-state index in [0.717, 1.165) is 13.0 Å². The van der Waals surface area contributed by atoms with E-state index in [1.807, 2.05) is 20.8 Å². The van der Waals surface area contributed by atoms with E-state index in [-0.39, 0.29) is 29.9 Å². The van der Waals surface area contributed by atoms with Crippen molar-refractivity contribution in [2.75, 3.05) is 13.1 Å². The number of hydrogen-bond acceptors (Lipinski definition) is 3. The van der Waals surface area contributed by atoms with E-state index in [9.17, 15) is 9.59 Å². The van der Waals surface area contributed by atoms with Crippen molar-refractivity contribution < 1.29 is 9.59 Å². The minimum absolute atomic E-state index is 0.0570. The van der Waals surface area contributed by atoms with Crippen molar-refractivity contribution in [2.24, 2.45) is 0 Å². The van der Waals surface area contributed by atoms with Gasteiger partial charge in [-0.3, -0.25) is 9.59 Å². The van der Waals surface area contributed by atoms with E-state index in [1.54, 1.807) is 0 Å². The van der Waals surface area contributed by atoms with Crippen LogP contribution in [0.4, 0.5) is 0 Å². The zero-order chi connectivity index (χ0) is 13.6. The van der Waals surface area contributed by atoms with E-state index in [0.29, 0.717) is 6.42 Å². The summed E-state index contributed by atoms with van der Waals surface area (Å²) in [6, 6.07) is 0.268. The summed E-state index contributed by atoms with van der Waals surface area (Å²) >= 11 is 0. The summed E-state index contributed by atoms with van der Waals surface area (Å²) in [6.45, 7) is 6.79. The molecule has 0 aromatic rings. The van der Waals surface area contributed by atoms with Crippen molar-refractivity contribution in [3.8, 4) is 0 Å². The summed E-state index contributed by atoms with van der Waals surface area (Å²) in [4.78, 5) is 23.2. The molecular formula is C13H25N3O2. The van der Waals surface area contributed by atoms with Gasteiger partial charge in [-0.05, 0) is 40.2 Å². The monoisotopic (exact) mass is 255 g/mol. The van der Waals surface area contributed by atoms with Gasteiger partial charge >= 0.3 is 0 Å². The second-order valence-electron chi connectivity index (χ2n) is 5.93. The van der Waals surface area contributed by atoms with Gasteiger partial charge in [0.15, 0.2) is 0 Å². The zero-order valence-electron chi connectivity index (χ0n) is 11.6. The molecule has 1 aliphatic heterocycles. The Kier molecular flexibility index (Phi) is 5.59. The fourth-order valence-electron chi connectivity index (χ4n) is 2.04. The standard InChI is InChI=1S/C13H25N3O2/c1-13(2,3)16-12(18)9-15-11(17)8-10-6-4-5-7-14-10/h10,14H,4-9H2,1-3H3,(H,15,17)(H,16,18). The van der Waals surface area contributed by atoms with Crippen molar-refractivity contribution in [2.45, 2.75) is 58.0 Å². The topological polar surface area (TPSA) is 70.2 Å². The summed E-state index contributed by atoms with van der Waals surface area (Å²) in [5.41, 5.74) is -0.257. The zero-order valence-corrected chi connectivity index (χ0v) is 11.6. The highest BCUT2D eigenvalue weighted by molar-refractivity contribution is 5.85. The SMILES string of the molecule is CC(C)(C)NC(=O)CNC(=O)CC1CCCCN1. The second kappa shape index (κ2) is 6.73. The molecule has 1 fully saturated rings. The summed E-state index contributed by atoms with van der Waals surface area (Å²) in [5.74, 6) is -0.203. The first-order valence-electron chi connectivity index (χ1n) is 6.68. The normalized spacial score (nSPS) is 20.3. The second-order valence-corrected chi connectivity index (χ2v) is 5.93. The molecule has 1 heterocycles. The lowest BCUT2D eigenvalue weighted by molar-refractivity contribution is -0.127. The van der Waals surface area contributed by atoms with Gasteiger partial charge in [-0.1, -0.05) is 6.42 Å². The predicted octanol–water partition coefficient (Wildman–Crippen LogP) is 0.550. The Morgan fingerprint density at radius 3 is 2.50 bits per heavy atom. The number of carbonyl (C=O) groups is 2. The highest BCUT2D eigenvalue weighted by Gasteiger charge is 2.18. The Labute approximate surface area is 109 Å². The third kappa shape index (κ3) is 6.59. The third-order valence-corrected chi connectivity index (χ3v) is 2.80. The molecule has 0 radical (unpaired) electrons. The molecule has 0 aromatic heterocycles. The third-order valence-electron chi connectivity index (χ3n) is 2.80. The number of hydrogen-bond donors (Lipinski definition) is 3. The van der Waals surface area contributed by atoms with Crippen LogP contribution in [0.25, 0.3) is 0 Å². The molecule has 5 heteroatoms. The largest absolute Gasteiger partial charge is 0.350 e. The van der Waals surface area contributed by atoms with Crippen LogP contribution in [0.5, 0.6) is 0 Å². The Morgan fingerprint density at radius 2 is 1.94 bits per heavy atom. The van der Waals surface area contributed by atoms with E-state index >= 15 is 0 Å². The molecule has 0 saturated carbocycles. The van der Waals surface area contributed by atoms with Crippen LogP contribution in [0.2, 0.25) is 0 Å². The van der Waals surface area contributed by atoms with Gasteiger partial charge in [0.25, 0.3) is 0 Å². The molecule has 1 saturated heterocycles. The van der Waals surface area contributed by atoms with Gasteiger partial charge in [-0.2, -0.15) is 0 Å². The first kappa shape index (κ1) is 15.0. The number of rotatable bonds is 4. The number of carbonyl (C=O) groups excluding carboxylic acids is 2. The van der Waals surface area contributed by atoms with Gasteiger partial charge in [-0.25, -0.2) is 0 Å². The van der Waals surface area contributed by atoms with E-state index in [4.69, 9.17) is 0 Å². The van der Waals surface area contributed by atoms with Crippen LogP contribution < -0.4 is 16.0 Å². The molecule has 0 aromatic carbocycles. The number of amides is 2. The van der Waals surface area contributed by atoms with Crippen LogP contribution in [0.3, 0.4) is 0 Å². The average molecular weight is 255 g/mol. The highest BCUT2D eigenvalue weighted by atomic mass is 16.2. The van der Waals surface area contributed by atoms with Gasteiger partial charge in [0.05, 0.1) is 6.54 Å². The summed E-state index contributed by atoms with van der Waals surface area (Å²) in [7, 11) is 0. The van der Waals surface area contributed by atoms with Gasteiger partial charge in [-0.15, -0.1) is 0 Å². The Morgan fingerprint density at radius 1 is 1.22 bits per heavy atom. The smallest absolute Gasteiger partial charge is 0.239 e. The van der Waals surface area contributed by atoms with Gasteiger partial charge in [0.2, 0.25) is 11.8 Å². The van der Waals surface area contributed by atoms with Crippen LogP contribution in [-0.2, 0) is 9.59 Å². The predicted molar refractivity (Wildman–Crippen MR) is 71.2 cm³/mol. The van der Waals surface area contributed by atoms with Crippen molar-refractivity contribution in [3.05, 3.63) is 0 Å². The molecule has 1 unspecified atom stereocenters. The van der Waals surface area contributed by atoms with Crippen LogP contribution >= 0.6 is 0 Å². The average Bonchev–Trinajstić information content (AvgIpc) is 2.25.